The number of hydrogen-bond donors (Lipinski definition) is 1. The topological polar surface area (TPSA) is 60.2 Å². The predicted octanol–water partition coefficient (Wildman–Crippen LogP) is 2.23. The van der Waals surface area contributed by atoms with Crippen LogP contribution in [0.5, 0.6) is 0 Å². The fraction of sp³-hybridized carbons (Fsp3) is 0.500. The average molecular weight is 273 g/mol. The Bertz CT molecular complexity index is 455. The van der Waals surface area contributed by atoms with E-state index < -0.39 is 9.84 Å². The van der Waals surface area contributed by atoms with Gasteiger partial charge in [-0.1, -0.05) is 19.1 Å². The van der Waals surface area contributed by atoms with Crippen LogP contribution in [0.3, 0.4) is 0 Å². The largest absolute Gasteiger partial charge is 0.324 e. The molecule has 0 aliphatic rings. The lowest BCUT2D eigenvalue weighted by Crippen LogP contribution is -2.10. The summed E-state index contributed by atoms with van der Waals surface area (Å²) >= 11 is 1.56. The first-order chi connectivity index (χ1) is 7.94. The van der Waals surface area contributed by atoms with Gasteiger partial charge in [-0.25, -0.2) is 8.42 Å². The van der Waals surface area contributed by atoms with E-state index in [9.17, 15) is 8.42 Å². The van der Waals surface area contributed by atoms with Gasteiger partial charge in [0.25, 0.3) is 0 Å². The van der Waals surface area contributed by atoms with Crippen LogP contribution >= 0.6 is 11.8 Å². The van der Waals surface area contributed by atoms with Gasteiger partial charge in [-0.05, 0) is 24.6 Å². The van der Waals surface area contributed by atoms with Crippen molar-refractivity contribution >= 4 is 21.6 Å². The number of rotatable bonds is 6. The predicted molar refractivity (Wildman–Crippen MR) is 74.1 cm³/mol. The summed E-state index contributed by atoms with van der Waals surface area (Å²) in [5, 5.41) is 0. The molecular weight excluding hydrogens is 254 g/mol. The van der Waals surface area contributed by atoms with E-state index in [2.05, 4.69) is 0 Å². The van der Waals surface area contributed by atoms with Crippen LogP contribution in [0.1, 0.15) is 25.5 Å². The van der Waals surface area contributed by atoms with Crippen molar-refractivity contribution in [1.29, 1.82) is 0 Å². The Balaban J connectivity index is 2.55. The molecule has 0 saturated heterocycles. The van der Waals surface area contributed by atoms with Gasteiger partial charge in [-0.3, -0.25) is 0 Å². The van der Waals surface area contributed by atoms with Crippen LogP contribution in [0.4, 0.5) is 0 Å². The van der Waals surface area contributed by atoms with Crippen molar-refractivity contribution in [2.24, 2.45) is 5.73 Å². The van der Waals surface area contributed by atoms with Crippen molar-refractivity contribution in [3.8, 4) is 0 Å². The molecule has 5 heteroatoms. The summed E-state index contributed by atoms with van der Waals surface area (Å²) in [5.41, 5.74) is 6.87. The second-order valence-electron chi connectivity index (χ2n) is 3.95. The first-order valence-corrected chi connectivity index (χ1v) is 8.44. The zero-order chi connectivity index (χ0) is 12.9. The van der Waals surface area contributed by atoms with Crippen molar-refractivity contribution in [2.45, 2.75) is 24.8 Å². The van der Waals surface area contributed by atoms with E-state index in [4.69, 9.17) is 5.73 Å². The summed E-state index contributed by atoms with van der Waals surface area (Å²) in [6.07, 6.45) is 0. The van der Waals surface area contributed by atoms with E-state index in [1.54, 1.807) is 18.7 Å². The highest BCUT2D eigenvalue weighted by Crippen LogP contribution is 2.21. The van der Waals surface area contributed by atoms with Crippen LogP contribution in [0.15, 0.2) is 29.2 Å². The Labute approximate surface area is 108 Å². The Morgan fingerprint density at radius 3 is 2.71 bits per heavy atom. The third-order valence-corrected chi connectivity index (χ3v) is 5.45. The molecule has 0 fully saturated rings. The standard InChI is InChI=1S/C12H19NO2S2/c1-3-17(14,15)8-7-16-12-6-4-5-11(9-12)10(2)13/h4-6,9-10H,3,7-8,13H2,1-2H3. The van der Waals surface area contributed by atoms with Crippen molar-refractivity contribution in [3.63, 3.8) is 0 Å². The Hall–Kier alpha value is -0.520. The Kier molecular flexibility index (Phi) is 5.49. The van der Waals surface area contributed by atoms with E-state index in [1.165, 1.54) is 0 Å². The fourth-order valence-corrected chi connectivity index (χ4v) is 3.59. The molecule has 0 spiro atoms. The van der Waals surface area contributed by atoms with Gasteiger partial charge < -0.3 is 5.73 Å². The van der Waals surface area contributed by atoms with Crippen LogP contribution in [0.25, 0.3) is 0 Å². The monoisotopic (exact) mass is 273 g/mol. The molecule has 0 heterocycles. The lowest BCUT2D eigenvalue weighted by molar-refractivity contribution is 0.599. The molecule has 3 nitrogen and oxygen atoms in total. The number of thioether (sulfide) groups is 1. The van der Waals surface area contributed by atoms with E-state index in [-0.39, 0.29) is 17.5 Å². The van der Waals surface area contributed by atoms with E-state index >= 15 is 0 Å². The smallest absolute Gasteiger partial charge is 0.150 e. The second-order valence-corrected chi connectivity index (χ2v) is 7.59. The number of hydrogen-bond acceptors (Lipinski definition) is 4. The lowest BCUT2D eigenvalue weighted by atomic mass is 10.1. The summed E-state index contributed by atoms with van der Waals surface area (Å²) in [4.78, 5) is 1.08. The van der Waals surface area contributed by atoms with Crippen LogP contribution < -0.4 is 5.73 Å². The highest BCUT2D eigenvalue weighted by atomic mass is 32.2. The van der Waals surface area contributed by atoms with Gasteiger partial charge in [-0.2, -0.15) is 0 Å². The summed E-state index contributed by atoms with van der Waals surface area (Å²) in [6, 6.07) is 7.95. The molecule has 0 aliphatic carbocycles. The third-order valence-electron chi connectivity index (χ3n) is 2.49. The van der Waals surface area contributed by atoms with Crippen LogP contribution in [-0.2, 0) is 9.84 Å². The molecule has 0 radical (unpaired) electrons. The van der Waals surface area contributed by atoms with Crippen molar-refractivity contribution in [3.05, 3.63) is 29.8 Å². The molecule has 1 unspecified atom stereocenters. The summed E-state index contributed by atoms with van der Waals surface area (Å²) in [6.45, 7) is 3.61. The lowest BCUT2D eigenvalue weighted by Gasteiger charge is -2.08. The molecule has 1 aromatic rings. The van der Waals surface area contributed by atoms with Gasteiger partial charge in [0.2, 0.25) is 0 Å². The molecule has 1 aromatic carbocycles. The normalized spacial score (nSPS) is 13.6. The maximum atomic E-state index is 11.3. The van der Waals surface area contributed by atoms with E-state index in [0.29, 0.717) is 5.75 Å². The first kappa shape index (κ1) is 14.5. The van der Waals surface area contributed by atoms with Gasteiger partial charge in [0.05, 0.1) is 5.75 Å². The summed E-state index contributed by atoms with van der Waals surface area (Å²) in [7, 11) is -2.86. The fourth-order valence-electron chi connectivity index (χ4n) is 1.32. The molecule has 0 aromatic heterocycles. The Morgan fingerprint density at radius 2 is 2.12 bits per heavy atom. The maximum absolute atomic E-state index is 11.3. The van der Waals surface area contributed by atoms with E-state index in [0.717, 1.165) is 10.5 Å². The highest BCUT2D eigenvalue weighted by Gasteiger charge is 2.07. The highest BCUT2D eigenvalue weighted by molar-refractivity contribution is 8.00. The van der Waals surface area contributed by atoms with Crippen LogP contribution in [0, 0.1) is 0 Å². The molecule has 17 heavy (non-hydrogen) atoms. The van der Waals surface area contributed by atoms with Crippen molar-refractivity contribution in [2.75, 3.05) is 17.3 Å². The molecule has 2 N–H and O–H groups in total. The minimum absolute atomic E-state index is 0.00919. The van der Waals surface area contributed by atoms with Gasteiger partial charge in [-0.15, -0.1) is 11.8 Å². The van der Waals surface area contributed by atoms with Crippen molar-refractivity contribution in [1.82, 2.24) is 0 Å². The SMILES string of the molecule is CCS(=O)(=O)CCSc1cccc(C(C)N)c1. The van der Waals surface area contributed by atoms with Gasteiger partial charge in [0.1, 0.15) is 0 Å². The van der Waals surface area contributed by atoms with Crippen LogP contribution in [-0.4, -0.2) is 25.7 Å². The molecular formula is C12H19NO2S2. The van der Waals surface area contributed by atoms with Gasteiger partial charge in [0, 0.05) is 22.4 Å². The quantitative estimate of drug-likeness (QED) is 0.807. The van der Waals surface area contributed by atoms with Crippen molar-refractivity contribution < 1.29 is 8.42 Å². The summed E-state index contributed by atoms with van der Waals surface area (Å²) < 4.78 is 22.7. The molecule has 96 valence electrons. The van der Waals surface area contributed by atoms with Gasteiger partial charge >= 0.3 is 0 Å². The number of nitrogens with two attached hydrogens (primary N) is 1. The second kappa shape index (κ2) is 6.42. The number of benzene rings is 1. The molecule has 1 atom stereocenters. The Morgan fingerprint density at radius 1 is 1.41 bits per heavy atom. The molecule has 0 aliphatic heterocycles. The zero-order valence-electron chi connectivity index (χ0n) is 10.2. The maximum Gasteiger partial charge on any atom is 0.150 e. The van der Waals surface area contributed by atoms with E-state index in [1.807, 2.05) is 31.2 Å². The van der Waals surface area contributed by atoms with Gasteiger partial charge in [0.15, 0.2) is 9.84 Å². The molecule has 0 amide bonds. The minimum atomic E-state index is -2.86. The zero-order valence-corrected chi connectivity index (χ0v) is 11.9. The van der Waals surface area contributed by atoms with Crippen LogP contribution in [0.2, 0.25) is 0 Å². The molecule has 1 rings (SSSR count). The molecule has 0 saturated carbocycles. The minimum Gasteiger partial charge on any atom is -0.324 e. The first-order valence-electron chi connectivity index (χ1n) is 5.63. The molecule has 0 bridgehead atoms. The third kappa shape index (κ3) is 5.10. The average Bonchev–Trinajstić information content (AvgIpc) is 2.29. The number of sulfone groups is 1. The summed E-state index contributed by atoms with van der Waals surface area (Å²) in [5.74, 6) is 1.04.